The van der Waals surface area contributed by atoms with Crippen molar-refractivity contribution in [2.24, 2.45) is 11.1 Å². The minimum Gasteiger partial charge on any atom is -0.488 e. The fraction of sp³-hybridized carbons (Fsp3) is 0.357. The molecule has 2 N–H and O–H groups in total. The number of hydrogen-bond donors (Lipinski definition) is 1. The molecule has 0 saturated heterocycles. The molecule has 1 aliphatic carbocycles. The Morgan fingerprint density at radius 2 is 1.95 bits per heavy atom. The number of rotatable bonds is 8. The van der Waals surface area contributed by atoms with E-state index in [9.17, 15) is 20.2 Å². The first-order chi connectivity index (χ1) is 18.1. The normalized spacial score (nSPS) is 18.8. The van der Waals surface area contributed by atoms with Crippen LogP contribution in [0.25, 0.3) is 0 Å². The molecule has 9 nitrogen and oxygen atoms in total. The Morgan fingerprint density at radius 1 is 1.24 bits per heavy atom. The van der Waals surface area contributed by atoms with Gasteiger partial charge in [0.05, 0.1) is 33.6 Å². The van der Waals surface area contributed by atoms with E-state index in [2.05, 4.69) is 35.8 Å². The van der Waals surface area contributed by atoms with Crippen LogP contribution in [0.4, 0.5) is 5.69 Å². The summed E-state index contributed by atoms with van der Waals surface area (Å²) in [5.74, 6) is 0.328. The summed E-state index contributed by atoms with van der Waals surface area (Å²) >= 11 is 3.57. The number of benzene rings is 2. The summed E-state index contributed by atoms with van der Waals surface area (Å²) in [6, 6.07) is 13.9. The van der Waals surface area contributed by atoms with E-state index < -0.39 is 10.8 Å². The molecule has 0 bridgehead atoms. The van der Waals surface area contributed by atoms with E-state index in [1.165, 1.54) is 12.1 Å². The number of ketones is 1. The third kappa shape index (κ3) is 5.44. The van der Waals surface area contributed by atoms with Gasteiger partial charge in [-0.15, -0.1) is 0 Å². The summed E-state index contributed by atoms with van der Waals surface area (Å²) in [5.41, 5.74) is 9.67. The molecule has 2 aliphatic rings. The smallest absolute Gasteiger partial charge is 0.269 e. The summed E-state index contributed by atoms with van der Waals surface area (Å²) in [4.78, 5) is 25.8. The van der Waals surface area contributed by atoms with Gasteiger partial charge in [-0.2, -0.15) is 5.26 Å². The maximum Gasteiger partial charge on any atom is 0.269 e. The van der Waals surface area contributed by atoms with Crippen molar-refractivity contribution < 1.29 is 19.2 Å². The lowest BCUT2D eigenvalue weighted by Gasteiger charge is -2.43. The van der Waals surface area contributed by atoms with Crippen LogP contribution in [0.15, 0.2) is 69.6 Å². The molecule has 0 fully saturated rings. The van der Waals surface area contributed by atoms with E-state index in [1.807, 2.05) is 17.0 Å². The molecule has 198 valence electrons. The van der Waals surface area contributed by atoms with Crippen LogP contribution in [0.2, 0.25) is 0 Å². The Bertz CT molecular complexity index is 1370. The number of non-ortho nitro benzene ring substituents is 1. The number of halogens is 1. The number of nitrogens with zero attached hydrogens (tertiary/aromatic N) is 3. The lowest BCUT2D eigenvalue weighted by atomic mass is 9.68. The van der Waals surface area contributed by atoms with Crippen LogP contribution in [0.1, 0.15) is 43.7 Å². The van der Waals surface area contributed by atoms with Crippen LogP contribution in [-0.2, 0) is 16.1 Å². The molecule has 0 unspecified atom stereocenters. The van der Waals surface area contributed by atoms with Crippen LogP contribution in [-0.4, -0.2) is 35.9 Å². The first kappa shape index (κ1) is 27.4. The highest BCUT2D eigenvalue weighted by atomic mass is 79.9. The number of methoxy groups -OCH3 is 1. The molecule has 0 aromatic heterocycles. The SMILES string of the molecule is COCCN1C(N)=C(C#N)[C@H](c2ccc(OCc3ccc([N+](=O)[O-])cc3)c(Br)c2)C2=C1CC(C)(C)CC2=O. The summed E-state index contributed by atoms with van der Waals surface area (Å²) < 4.78 is 11.9. The minimum absolute atomic E-state index is 0.0125. The van der Waals surface area contributed by atoms with E-state index in [0.717, 1.165) is 16.8 Å². The van der Waals surface area contributed by atoms with Crippen LogP contribution in [0, 0.1) is 26.9 Å². The molecule has 1 atom stereocenters. The van der Waals surface area contributed by atoms with Gasteiger partial charge in [-0.05, 0) is 63.2 Å². The highest BCUT2D eigenvalue weighted by Crippen LogP contribution is 2.49. The zero-order valence-corrected chi connectivity index (χ0v) is 23.1. The quantitative estimate of drug-likeness (QED) is 0.327. The van der Waals surface area contributed by atoms with Crippen molar-refractivity contribution >= 4 is 27.4 Å². The van der Waals surface area contributed by atoms with Crippen molar-refractivity contribution in [3.8, 4) is 11.8 Å². The Morgan fingerprint density at radius 3 is 2.55 bits per heavy atom. The second-order valence-corrected chi connectivity index (χ2v) is 11.0. The number of nitrogens with two attached hydrogens (primary N) is 1. The number of allylic oxidation sites excluding steroid dienone is 3. The number of nitriles is 1. The molecule has 2 aromatic carbocycles. The molecule has 10 heteroatoms. The van der Waals surface area contributed by atoms with Crippen molar-refractivity contribution in [3.63, 3.8) is 0 Å². The van der Waals surface area contributed by atoms with E-state index in [4.69, 9.17) is 15.2 Å². The fourth-order valence-corrected chi connectivity index (χ4v) is 5.55. The van der Waals surface area contributed by atoms with Crippen LogP contribution in [0.5, 0.6) is 5.75 Å². The number of hydrogen-bond acceptors (Lipinski definition) is 8. The number of ether oxygens (including phenoxy) is 2. The zero-order chi connectivity index (χ0) is 27.6. The summed E-state index contributed by atoms with van der Waals surface area (Å²) in [6.07, 6.45) is 1.04. The number of Topliss-reactive ketones (excluding diaryl/α,β-unsaturated/α-hetero) is 1. The average molecular weight is 581 g/mol. The van der Waals surface area contributed by atoms with Crippen molar-refractivity contribution in [2.45, 2.75) is 39.2 Å². The zero-order valence-electron chi connectivity index (χ0n) is 21.5. The van der Waals surface area contributed by atoms with E-state index >= 15 is 0 Å². The molecular weight excluding hydrogens is 552 g/mol. The molecule has 38 heavy (non-hydrogen) atoms. The summed E-state index contributed by atoms with van der Waals surface area (Å²) in [5, 5.41) is 21.0. The molecule has 0 spiro atoms. The van der Waals surface area contributed by atoms with Gasteiger partial charge in [0.1, 0.15) is 18.2 Å². The fourth-order valence-electron chi connectivity index (χ4n) is 5.04. The van der Waals surface area contributed by atoms with Gasteiger partial charge in [0.15, 0.2) is 5.78 Å². The van der Waals surface area contributed by atoms with Gasteiger partial charge < -0.3 is 20.1 Å². The predicted octanol–water partition coefficient (Wildman–Crippen LogP) is 5.32. The maximum atomic E-state index is 13.5. The van der Waals surface area contributed by atoms with Gasteiger partial charge >= 0.3 is 0 Å². The number of carbonyl (C=O) groups is 1. The second-order valence-electron chi connectivity index (χ2n) is 10.2. The van der Waals surface area contributed by atoms with Crippen LogP contribution in [0.3, 0.4) is 0 Å². The Hall–Kier alpha value is -3.68. The molecule has 1 heterocycles. The standard InChI is InChI=1S/C28H29BrN4O5/c1-28(2)13-22-26(23(34)14-28)25(20(15-30)27(31)32(22)10-11-37-3)18-6-9-24(21(29)12-18)38-16-17-4-7-19(8-5-17)33(35)36/h4-9,12,25H,10-11,13-14,16,31H2,1-3H3/t25-/m0/s1. The van der Waals surface area contributed by atoms with Crippen molar-refractivity contribution in [2.75, 3.05) is 20.3 Å². The van der Waals surface area contributed by atoms with Gasteiger partial charge in [0.25, 0.3) is 5.69 Å². The van der Waals surface area contributed by atoms with Gasteiger partial charge in [0.2, 0.25) is 0 Å². The van der Waals surface area contributed by atoms with Gasteiger partial charge in [-0.1, -0.05) is 19.9 Å². The average Bonchev–Trinajstić information content (AvgIpc) is 2.86. The molecule has 1 aliphatic heterocycles. The van der Waals surface area contributed by atoms with Crippen molar-refractivity contribution in [3.05, 3.63) is 90.8 Å². The second kappa shape index (κ2) is 11.0. The predicted molar refractivity (Wildman–Crippen MR) is 145 cm³/mol. The maximum absolute atomic E-state index is 13.5. The molecule has 2 aromatic rings. The van der Waals surface area contributed by atoms with Gasteiger partial charge in [-0.25, -0.2) is 0 Å². The number of nitro groups is 1. The molecular formula is C28H29BrN4O5. The van der Waals surface area contributed by atoms with Gasteiger partial charge in [0, 0.05) is 43.5 Å². The minimum atomic E-state index is -0.586. The summed E-state index contributed by atoms with van der Waals surface area (Å²) in [7, 11) is 1.60. The van der Waals surface area contributed by atoms with E-state index in [0.29, 0.717) is 53.2 Å². The van der Waals surface area contributed by atoms with Crippen molar-refractivity contribution in [1.82, 2.24) is 4.90 Å². The van der Waals surface area contributed by atoms with Crippen LogP contribution < -0.4 is 10.5 Å². The monoisotopic (exact) mass is 580 g/mol. The van der Waals surface area contributed by atoms with Crippen LogP contribution >= 0.6 is 15.9 Å². The van der Waals surface area contributed by atoms with E-state index in [-0.39, 0.29) is 23.5 Å². The van der Waals surface area contributed by atoms with Crippen molar-refractivity contribution in [1.29, 1.82) is 5.26 Å². The third-order valence-electron chi connectivity index (χ3n) is 6.84. The first-order valence-corrected chi connectivity index (χ1v) is 12.9. The third-order valence-corrected chi connectivity index (χ3v) is 7.46. The van der Waals surface area contributed by atoms with Gasteiger partial charge in [-0.3, -0.25) is 14.9 Å². The lowest BCUT2D eigenvalue weighted by Crippen LogP contribution is -2.43. The largest absolute Gasteiger partial charge is 0.488 e. The highest BCUT2D eigenvalue weighted by Gasteiger charge is 2.44. The Kier molecular flexibility index (Phi) is 7.90. The Balaban J connectivity index is 1.67. The number of nitro benzene ring substituents is 1. The molecule has 0 amide bonds. The lowest BCUT2D eigenvalue weighted by molar-refractivity contribution is -0.384. The van der Waals surface area contributed by atoms with E-state index in [1.54, 1.807) is 25.3 Å². The number of carbonyl (C=O) groups excluding carboxylic acids is 1. The molecule has 0 saturated carbocycles. The molecule has 0 radical (unpaired) electrons. The first-order valence-electron chi connectivity index (χ1n) is 12.1. The highest BCUT2D eigenvalue weighted by molar-refractivity contribution is 9.10. The molecule has 4 rings (SSSR count). The Labute approximate surface area is 229 Å². The summed E-state index contributed by atoms with van der Waals surface area (Å²) in [6.45, 7) is 5.19. The topological polar surface area (TPSA) is 132 Å².